The zero-order chi connectivity index (χ0) is 25.4. The first-order chi connectivity index (χ1) is 17.4. The number of aromatic amines is 1. The maximum atomic E-state index is 6.37. The third kappa shape index (κ3) is 4.41. The van der Waals surface area contributed by atoms with Gasteiger partial charge in [0.15, 0.2) is 0 Å². The van der Waals surface area contributed by atoms with Gasteiger partial charge in [-0.05, 0) is 60.9 Å². The van der Waals surface area contributed by atoms with E-state index < -0.39 is 0 Å². The van der Waals surface area contributed by atoms with E-state index in [1.807, 2.05) is 36.2 Å². The van der Waals surface area contributed by atoms with Gasteiger partial charge in [0.25, 0.3) is 0 Å². The number of fused-ring (bicyclic) bond motifs is 1. The average Bonchev–Trinajstić information content (AvgIpc) is 3.50. The number of rotatable bonds is 6. The number of nitrogen functional groups attached to an aromatic ring is 1. The lowest BCUT2D eigenvalue weighted by atomic mass is 9.98. The summed E-state index contributed by atoms with van der Waals surface area (Å²) < 4.78 is 0. The molecule has 0 radical (unpaired) electrons. The van der Waals surface area contributed by atoms with Crippen molar-refractivity contribution < 1.29 is 0 Å². The SMILES string of the molecule is C=N/N=C\N(C)c1ccc(Cl)cc1C1=CC(=C)N2C(=C1)CCC2c1ncc(-c2ccc(N)nc2Cl)[nH]1. The zero-order valence-electron chi connectivity index (χ0n) is 19.6. The molecule has 182 valence electrons. The second-order valence-electron chi connectivity index (χ2n) is 8.55. The first kappa shape index (κ1) is 23.8. The summed E-state index contributed by atoms with van der Waals surface area (Å²) in [5.74, 6) is 1.22. The number of benzene rings is 1. The standard InChI is InChI=1S/C26H24Cl2N8/c1-15-10-16(20-12-17(27)4-7-22(20)35(3)14-32-30-2)11-18-5-8-23(36(15)18)26-31-13-21(33-26)19-6-9-24(29)34-25(19)28/h4,6-7,9-14,23H,1-2,5,8H2,3H3,(H2,29,34)(H,31,33)/b32-14-. The van der Waals surface area contributed by atoms with E-state index in [-0.39, 0.29) is 6.04 Å². The minimum atomic E-state index is 0.0307. The molecule has 36 heavy (non-hydrogen) atoms. The molecular weight excluding hydrogens is 495 g/mol. The van der Waals surface area contributed by atoms with E-state index in [2.05, 4.69) is 55.5 Å². The van der Waals surface area contributed by atoms with Crippen LogP contribution in [0.15, 0.2) is 76.9 Å². The van der Waals surface area contributed by atoms with E-state index in [1.54, 1.807) is 18.6 Å². The van der Waals surface area contributed by atoms with Gasteiger partial charge in [-0.2, -0.15) is 5.10 Å². The molecule has 10 heteroatoms. The Labute approximate surface area is 219 Å². The van der Waals surface area contributed by atoms with Gasteiger partial charge in [-0.1, -0.05) is 29.8 Å². The van der Waals surface area contributed by atoms with Gasteiger partial charge in [0.1, 0.15) is 23.1 Å². The molecule has 1 saturated heterocycles. The van der Waals surface area contributed by atoms with Gasteiger partial charge in [-0.25, -0.2) is 9.97 Å². The summed E-state index contributed by atoms with van der Waals surface area (Å²) in [7, 11) is 1.90. The Balaban J connectivity index is 1.45. The third-order valence-electron chi connectivity index (χ3n) is 6.28. The van der Waals surface area contributed by atoms with Crippen LogP contribution in [0.2, 0.25) is 10.2 Å². The van der Waals surface area contributed by atoms with Gasteiger partial charge in [-0.3, -0.25) is 0 Å². The van der Waals surface area contributed by atoms with Crippen molar-refractivity contribution in [2.45, 2.75) is 18.9 Å². The van der Waals surface area contributed by atoms with E-state index in [4.69, 9.17) is 28.9 Å². The molecule has 4 heterocycles. The van der Waals surface area contributed by atoms with Crippen LogP contribution < -0.4 is 10.6 Å². The lowest BCUT2D eigenvalue weighted by molar-refractivity contribution is 0.366. The molecule has 0 bridgehead atoms. The number of allylic oxidation sites excluding steroid dienone is 4. The van der Waals surface area contributed by atoms with Crippen LogP contribution >= 0.6 is 23.2 Å². The van der Waals surface area contributed by atoms with Crippen LogP contribution in [0, 0.1) is 0 Å². The minimum absolute atomic E-state index is 0.0307. The van der Waals surface area contributed by atoms with Gasteiger partial charge in [0, 0.05) is 47.0 Å². The van der Waals surface area contributed by atoms with E-state index in [9.17, 15) is 0 Å². The molecular formula is C26H24Cl2N8. The number of H-pyrrole nitrogens is 1. The predicted octanol–water partition coefficient (Wildman–Crippen LogP) is 6.07. The fourth-order valence-corrected chi connectivity index (χ4v) is 5.10. The fourth-order valence-electron chi connectivity index (χ4n) is 4.66. The highest BCUT2D eigenvalue weighted by molar-refractivity contribution is 6.32. The Morgan fingerprint density at radius 3 is 2.83 bits per heavy atom. The van der Waals surface area contributed by atoms with E-state index in [1.165, 1.54) is 5.70 Å². The first-order valence-electron chi connectivity index (χ1n) is 11.3. The van der Waals surface area contributed by atoms with Crippen LogP contribution in [0.1, 0.15) is 30.3 Å². The number of nitrogens with two attached hydrogens (primary N) is 1. The summed E-state index contributed by atoms with van der Waals surface area (Å²) in [5, 5.41) is 8.44. The number of hydrogen-bond donors (Lipinski definition) is 2. The maximum Gasteiger partial charge on any atom is 0.140 e. The Hall–Kier alpha value is -3.88. The number of aromatic nitrogens is 3. The molecule has 0 amide bonds. The molecule has 3 N–H and O–H groups in total. The highest BCUT2D eigenvalue weighted by atomic mass is 35.5. The smallest absolute Gasteiger partial charge is 0.140 e. The van der Waals surface area contributed by atoms with Gasteiger partial charge in [-0.15, -0.1) is 5.10 Å². The van der Waals surface area contributed by atoms with Crippen molar-refractivity contribution in [3.63, 3.8) is 0 Å². The Kier molecular flexibility index (Phi) is 6.38. The summed E-state index contributed by atoms with van der Waals surface area (Å²) in [5.41, 5.74) is 12.3. The molecule has 0 aliphatic carbocycles. The number of pyridine rings is 1. The van der Waals surface area contributed by atoms with Crippen molar-refractivity contribution in [3.05, 3.63) is 88.2 Å². The van der Waals surface area contributed by atoms with Crippen LogP contribution in [-0.4, -0.2) is 40.0 Å². The number of hydrogen-bond acceptors (Lipinski definition) is 6. The number of halogens is 2. The molecule has 2 aromatic heterocycles. The summed E-state index contributed by atoms with van der Waals surface area (Å²) in [6.07, 6.45) is 9.42. The van der Waals surface area contributed by atoms with Crippen LogP contribution in [0.5, 0.6) is 0 Å². The highest BCUT2D eigenvalue weighted by Crippen LogP contribution is 2.45. The molecule has 2 aliphatic heterocycles. The van der Waals surface area contributed by atoms with Crippen LogP contribution in [0.3, 0.4) is 0 Å². The molecule has 1 fully saturated rings. The maximum absolute atomic E-state index is 6.37. The van der Waals surface area contributed by atoms with Gasteiger partial charge < -0.3 is 20.5 Å². The Morgan fingerprint density at radius 1 is 1.22 bits per heavy atom. The van der Waals surface area contributed by atoms with E-state index in [0.717, 1.165) is 52.4 Å². The van der Waals surface area contributed by atoms with Crippen LogP contribution in [0.4, 0.5) is 11.5 Å². The number of imidazole rings is 1. The largest absolute Gasteiger partial charge is 0.384 e. The van der Waals surface area contributed by atoms with Crippen molar-refractivity contribution in [1.82, 2.24) is 19.9 Å². The topological polar surface area (TPSA) is 98.8 Å². The number of nitrogens with one attached hydrogen (secondary N) is 1. The van der Waals surface area contributed by atoms with Crippen molar-refractivity contribution in [1.29, 1.82) is 0 Å². The molecule has 0 saturated carbocycles. The number of nitrogens with zero attached hydrogens (tertiary/aromatic N) is 6. The second kappa shape index (κ2) is 9.64. The fraction of sp³-hybridized carbons (Fsp3) is 0.154. The Bertz CT molecular complexity index is 1450. The van der Waals surface area contributed by atoms with Crippen LogP contribution in [-0.2, 0) is 0 Å². The monoisotopic (exact) mass is 518 g/mol. The summed E-state index contributed by atoms with van der Waals surface area (Å²) in [4.78, 5) is 16.3. The highest BCUT2D eigenvalue weighted by Gasteiger charge is 2.35. The van der Waals surface area contributed by atoms with Crippen LogP contribution in [0.25, 0.3) is 16.8 Å². The normalized spacial score (nSPS) is 17.2. The molecule has 8 nitrogen and oxygen atoms in total. The Morgan fingerprint density at radius 2 is 2.06 bits per heavy atom. The van der Waals surface area contributed by atoms with Crippen molar-refractivity contribution in [2.75, 3.05) is 17.7 Å². The van der Waals surface area contributed by atoms with Crippen molar-refractivity contribution in [3.8, 4) is 11.3 Å². The molecule has 1 atom stereocenters. The van der Waals surface area contributed by atoms with E-state index >= 15 is 0 Å². The summed E-state index contributed by atoms with van der Waals surface area (Å²) >= 11 is 12.7. The molecule has 5 rings (SSSR count). The summed E-state index contributed by atoms with van der Waals surface area (Å²) in [6.45, 7) is 7.77. The van der Waals surface area contributed by atoms with E-state index in [0.29, 0.717) is 16.0 Å². The third-order valence-corrected chi connectivity index (χ3v) is 6.80. The predicted molar refractivity (Wildman–Crippen MR) is 148 cm³/mol. The molecule has 2 aliphatic rings. The van der Waals surface area contributed by atoms with Gasteiger partial charge in [0.2, 0.25) is 0 Å². The molecule has 3 aromatic rings. The minimum Gasteiger partial charge on any atom is -0.384 e. The molecule has 0 spiro atoms. The average molecular weight is 519 g/mol. The van der Waals surface area contributed by atoms with Gasteiger partial charge in [0.05, 0.1) is 17.9 Å². The lowest BCUT2D eigenvalue weighted by Gasteiger charge is -2.31. The first-order valence-corrected chi connectivity index (χ1v) is 12.0. The second-order valence-corrected chi connectivity index (χ2v) is 9.35. The van der Waals surface area contributed by atoms with Crippen molar-refractivity contribution in [2.24, 2.45) is 10.2 Å². The molecule has 1 aromatic carbocycles. The lowest BCUT2D eigenvalue weighted by Crippen LogP contribution is -2.23. The quantitative estimate of drug-likeness (QED) is 0.178. The van der Waals surface area contributed by atoms with Gasteiger partial charge >= 0.3 is 0 Å². The molecule has 1 unspecified atom stereocenters. The summed E-state index contributed by atoms with van der Waals surface area (Å²) in [6, 6.07) is 9.35. The zero-order valence-corrected chi connectivity index (χ0v) is 21.1. The number of anilines is 2. The van der Waals surface area contributed by atoms with Crippen molar-refractivity contribution >= 4 is 53.3 Å².